The lowest BCUT2D eigenvalue weighted by atomic mass is 9.98. The van der Waals surface area contributed by atoms with Crippen molar-refractivity contribution < 1.29 is 4.42 Å². The van der Waals surface area contributed by atoms with Gasteiger partial charge >= 0.3 is 0 Å². The fraction of sp³-hybridized carbons (Fsp3) is 0. The smallest absolute Gasteiger partial charge is 0.138 e. The van der Waals surface area contributed by atoms with Crippen molar-refractivity contribution >= 4 is 33.3 Å². The van der Waals surface area contributed by atoms with Crippen LogP contribution in [0.3, 0.4) is 0 Å². The average molecular weight is 335 g/mol. The fourth-order valence-corrected chi connectivity index (χ4v) is 3.46. The van der Waals surface area contributed by atoms with Crippen molar-refractivity contribution in [1.29, 1.82) is 0 Å². The molecule has 0 spiro atoms. The Hall–Kier alpha value is -3.52. The zero-order valence-electron chi connectivity index (χ0n) is 14.1. The van der Waals surface area contributed by atoms with Crippen molar-refractivity contribution in [3.63, 3.8) is 0 Å². The molecule has 5 aromatic rings. The van der Waals surface area contributed by atoms with Crippen LogP contribution in [0.2, 0.25) is 0 Å². The standard InChI is InChI=1S/C24H17NO/c1-3-9-17(10-4-1)21-15-19(25-18-11-5-2-6-12-18)16-23-24(21)20-13-7-8-14-22(20)26-23/h1-16,25H. The van der Waals surface area contributed by atoms with E-state index in [1.165, 1.54) is 11.1 Å². The fourth-order valence-electron chi connectivity index (χ4n) is 3.46. The normalized spacial score (nSPS) is 11.1. The van der Waals surface area contributed by atoms with Crippen LogP contribution >= 0.6 is 0 Å². The molecule has 4 aromatic carbocycles. The predicted molar refractivity (Wildman–Crippen MR) is 109 cm³/mol. The Bertz CT molecular complexity index is 1190. The number of fused-ring (bicyclic) bond motifs is 3. The van der Waals surface area contributed by atoms with Crippen LogP contribution in [0.1, 0.15) is 0 Å². The van der Waals surface area contributed by atoms with Crippen molar-refractivity contribution in [3.05, 3.63) is 97.1 Å². The van der Waals surface area contributed by atoms with Gasteiger partial charge in [0.2, 0.25) is 0 Å². The van der Waals surface area contributed by atoms with Crippen LogP contribution in [-0.2, 0) is 0 Å². The van der Waals surface area contributed by atoms with Gasteiger partial charge in [-0.25, -0.2) is 0 Å². The van der Waals surface area contributed by atoms with E-state index in [0.717, 1.165) is 33.3 Å². The minimum atomic E-state index is 0.894. The topological polar surface area (TPSA) is 25.2 Å². The number of furan rings is 1. The van der Waals surface area contributed by atoms with Gasteiger partial charge in [0.15, 0.2) is 0 Å². The van der Waals surface area contributed by atoms with Gasteiger partial charge in [0, 0.05) is 28.2 Å². The van der Waals surface area contributed by atoms with Crippen LogP contribution < -0.4 is 5.32 Å². The molecule has 0 unspecified atom stereocenters. The van der Waals surface area contributed by atoms with Crippen LogP contribution in [0.4, 0.5) is 11.4 Å². The van der Waals surface area contributed by atoms with E-state index < -0.39 is 0 Å². The summed E-state index contributed by atoms with van der Waals surface area (Å²) in [4.78, 5) is 0. The van der Waals surface area contributed by atoms with Gasteiger partial charge in [0.1, 0.15) is 11.2 Å². The van der Waals surface area contributed by atoms with E-state index in [0.29, 0.717) is 0 Å². The first-order chi connectivity index (χ1) is 12.9. The lowest BCUT2D eigenvalue weighted by Crippen LogP contribution is -1.91. The van der Waals surface area contributed by atoms with E-state index in [9.17, 15) is 0 Å². The molecule has 0 fully saturated rings. The van der Waals surface area contributed by atoms with E-state index in [1.807, 2.05) is 36.4 Å². The van der Waals surface area contributed by atoms with Crippen LogP contribution in [0.25, 0.3) is 33.1 Å². The first kappa shape index (κ1) is 14.8. The maximum absolute atomic E-state index is 6.15. The predicted octanol–water partition coefficient (Wildman–Crippen LogP) is 7.00. The summed E-state index contributed by atoms with van der Waals surface area (Å²) in [6, 6.07) is 33.2. The van der Waals surface area contributed by atoms with E-state index in [-0.39, 0.29) is 0 Å². The van der Waals surface area contributed by atoms with Crippen molar-refractivity contribution in [1.82, 2.24) is 0 Å². The highest BCUT2D eigenvalue weighted by molar-refractivity contribution is 6.13. The van der Waals surface area contributed by atoms with Crippen LogP contribution in [0.5, 0.6) is 0 Å². The Morgan fingerprint density at radius 2 is 1.27 bits per heavy atom. The molecule has 0 radical (unpaired) electrons. The molecule has 2 nitrogen and oxygen atoms in total. The van der Waals surface area contributed by atoms with Gasteiger partial charge < -0.3 is 9.73 Å². The summed E-state index contributed by atoms with van der Waals surface area (Å²) >= 11 is 0. The van der Waals surface area contributed by atoms with Crippen LogP contribution in [0.15, 0.2) is 101 Å². The van der Waals surface area contributed by atoms with E-state index >= 15 is 0 Å². The Morgan fingerprint density at radius 3 is 2.08 bits per heavy atom. The zero-order chi connectivity index (χ0) is 17.3. The minimum Gasteiger partial charge on any atom is -0.456 e. The number of rotatable bonds is 3. The molecule has 0 aliphatic carbocycles. The highest BCUT2D eigenvalue weighted by Gasteiger charge is 2.14. The molecular weight excluding hydrogens is 318 g/mol. The summed E-state index contributed by atoms with van der Waals surface area (Å²) < 4.78 is 6.15. The number of para-hydroxylation sites is 2. The molecule has 26 heavy (non-hydrogen) atoms. The Labute approximate surface area is 151 Å². The number of hydrogen-bond acceptors (Lipinski definition) is 2. The number of anilines is 2. The van der Waals surface area contributed by atoms with E-state index in [1.54, 1.807) is 0 Å². The van der Waals surface area contributed by atoms with Crippen LogP contribution in [0, 0.1) is 0 Å². The quantitative estimate of drug-likeness (QED) is 0.384. The molecule has 1 aromatic heterocycles. The number of nitrogens with one attached hydrogen (secondary N) is 1. The average Bonchev–Trinajstić information content (AvgIpc) is 3.07. The maximum atomic E-state index is 6.15. The third-order valence-corrected chi connectivity index (χ3v) is 4.63. The SMILES string of the molecule is c1ccc(Nc2cc(-c3ccccc3)c3c(c2)oc2ccccc23)cc1. The maximum Gasteiger partial charge on any atom is 0.138 e. The van der Waals surface area contributed by atoms with Gasteiger partial charge in [-0.1, -0.05) is 66.7 Å². The molecule has 0 saturated heterocycles. The summed E-state index contributed by atoms with van der Waals surface area (Å²) in [6.45, 7) is 0. The van der Waals surface area contributed by atoms with Gasteiger partial charge in [-0.15, -0.1) is 0 Å². The van der Waals surface area contributed by atoms with E-state index in [2.05, 4.69) is 66.0 Å². The Balaban J connectivity index is 1.77. The first-order valence-corrected chi connectivity index (χ1v) is 8.71. The number of hydrogen-bond donors (Lipinski definition) is 1. The third kappa shape index (κ3) is 2.52. The molecule has 0 aliphatic rings. The van der Waals surface area contributed by atoms with Gasteiger partial charge in [0.05, 0.1) is 0 Å². The Kier molecular flexibility index (Phi) is 3.46. The highest BCUT2D eigenvalue weighted by atomic mass is 16.3. The molecule has 0 atom stereocenters. The zero-order valence-corrected chi connectivity index (χ0v) is 14.1. The first-order valence-electron chi connectivity index (χ1n) is 8.71. The van der Waals surface area contributed by atoms with Gasteiger partial charge in [-0.2, -0.15) is 0 Å². The molecule has 5 rings (SSSR count). The highest BCUT2D eigenvalue weighted by Crippen LogP contribution is 2.39. The van der Waals surface area contributed by atoms with Crippen LogP contribution in [-0.4, -0.2) is 0 Å². The Morgan fingerprint density at radius 1 is 0.577 bits per heavy atom. The second-order valence-electron chi connectivity index (χ2n) is 6.35. The lowest BCUT2D eigenvalue weighted by molar-refractivity contribution is 0.669. The molecule has 2 heteroatoms. The molecule has 124 valence electrons. The van der Waals surface area contributed by atoms with Crippen molar-refractivity contribution in [3.8, 4) is 11.1 Å². The number of benzene rings is 4. The van der Waals surface area contributed by atoms with Crippen molar-refractivity contribution in [2.24, 2.45) is 0 Å². The van der Waals surface area contributed by atoms with Crippen molar-refractivity contribution in [2.45, 2.75) is 0 Å². The van der Waals surface area contributed by atoms with Gasteiger partial charge in [-0.05, 0) is 35.4 Å². The monoisotopic (exact) mass is 335 g/mol. The van der Waals surface area contributed by atoms with E-state index in [4.69, 9.17) is 4.42 Å². The third-order valence-electron chi connectivity index (χ3n) is 4.63. The summed E-state index contributed by atoms with van der Waals surface area (Å²) in [5, 5.41) is 5.79. The molecule has 1 N–H and O–H groups in total. The summed E-state index contributed by atoms with van der Waals surface area (Å²) in [7, 11) is 0. The van der Waals surface area contributed by atoms with Gasteiger partial charge in [-0.3, -0.25) is 0 Å². The second-order valence-corrected chi connectivity index (χ2v) is 6.35. The second kappa shape index (κ2) is 6.08. The minimum absolute atomic E-state index is 0.894. The summed E-state index contributed by atoms with van der Waals surface area (Å²) in [5.74, 6) is 0. The largest absolute Gasteiger partial charge is 0.456 e. The molecule has 0 saturated carbocycles. The summed E-state index contributed by atoms with van der Waals surface area (Å²) in [6.07, 6.45) is 0. The summed E-state index contributed by atoms with van der Waals surface area (Å²) in [5.41, 5.74) is 6.23. The molecule has 0 bridgehead atoms. The lowest BCUT2D eigenvalue weighted by Gasteiger charge is -2.10. The molecule has 0 aliphatic heterocycles. The molecular formula is C24H17NO. The van der Waals surface area contributed by atoms with Crippen molar-refractivity contribution in [2.75, 3.05) is 5.32 Å². The molecule has 1 heterocycles. The van der Waals surface area contributed by atoms with Gasteiger partial charge in [0.25, 0.3) is 0 Å². The molecule has 0 amide bonds.